The van der Waals surface area contributed by atoms with Gasteiger partial charge >= 0.3 is 0 Å². The van der Waals surface area contributed by atoms with Gasteiger partial charge < -0.3 is 10.6 Å². The molecule has 2 unspecified atom stereocenters. The van der Waals surface area contributed by atoms with Crippen LogP contribution in [0.4, 0.5) is 5.13 Å². The molecular formula is C12H22N4S. The molecule has 0 aliphatic carbocycles. The maximum atomic E-state index is 4.52. The van der Waals surface area contributed by atoms with E-state index in [0.717, 1.165) is 17.5 Å². The molecule has 0 aromatic carbocycles. The van der Waals surface area contributed by atoms with E-state index in [1.807, 2.05) is 0 Å². The van der Waals surface area contributed by atoms with Crippen molar-refractivity contribution in [3.63, 3.8) is 0 Å². The van der Waals surface area contributed by atoms with Crippen molar-refractivity contribution in [3.8, 4) is 0 Å². The maximum absolute atomic E-state index is 4.52. The molecule has 96 valence electrons. The van der Waals surface area contributed by atoms with Gasteiger partial charge in [-0.2, -0.15) is 4.37 Å². The highest BCUT2D eigenvalue weighted by Crippen LogP contribution is 2.21. The minimum absolute atomic E-state index is 0.411. The first-order valence-electron chi connectivity index (χ1n) is 6.47. The molecule has 4 nitrogen and oxygen atoms in total. The summed E-state index contributed by atoms with van der Waals surface area (Å²) in [7, 11) is 0. The van der Waals surface area contributed by atoms with Crippen molar-refractivity contribution in [3.05, 3.63) is 5.82 Å². The zero-order valence-corrected chi connectivity index (χ0v) is 11.7. The van der Waals surface area contributed by atoms with Crippen LogP contribution in [-0.4, -0.2) is 28.5 Å². The van der Waals surface area contributed by atoms with E-state index in [0.29, 0.717) is 17.9 Å². The minimum atomic E-state index is 0.411. The van der Waals surface area contributed by atoms with Crippen molar-refractivity contribution in [1.82, 2.24) is 14.7 Å². The Hall–Kier alpha value is -0.680. The van der Waals surface area contributed by atoms with Crippen LogP contribution < -0.4 is 10.6 Å². The largest absolute Gasteiger partial charge is 0.358 e. The molecular weight excluding hydrogens is 232 g/mol. The lowest BCUT2D eigenvalue weighted by Gasteiger charge is -2.28. The summed E-state index contributed by atoms with van der Waals surface area (Å²) in [6.45, 7) is 8.78. The summed E-state index contributed by atoms with van der Waals surface area (Å²) in [4.78, 5) is 4.52. The molecule has 0 radical (unpaired) electrons. The SMILES string of the molecule is CC(C)c1nsc(NC(C)C2CCCNC2)n1. The molecule has 1 aliphatic heterocycles. The molecule has 17 heavy (non-hydrogen) atoms. The van der Waals surface area contributed by atoms with Gasteiger partial charge in [-0.05, 0) is 38.8 Å². The van der Waals surface area contributed by atoms with E-state index < -0.39 is 0 Å². The Kier molecular flexibility index (Phi) is 4.34. The monoisotopic (exact) mass is 254 g/mol. The van der Waals surface area contributed by atoms with Gasteiger partial charge in [-0.1, -0.05) is 13.8 Å². The molecule has 1 aromatic rings. The number of hydrogen-bond acceptors (Lipinski definition) is 5. The Morgan fingerprint density at radius 2 is 2.24 bits per heavy atom. The van der Waals surface area contributed by atoms with Crippen molar-refractivity contribution in [1.29, 1.82) is 0 Å². The molecule has 0 bridgehead atoms. The summed E-state index contributed by atoms with van der Waals surface area (Å²) in [6.07, 6.45) is 2.58. The quantitative estimate of drug-likeness (QED) is 0.866. The second kappa shape index (κ2) is 5.78. The summed E-state index contributed by atoms with van der Waals surface area (Å²) in [5.41, 5.74) is 0. The van der Waals surface area contributed by atoms with Crippen LogP contribution in [-0.2, 0) is 0 Å². The van der Waals surface area contributed by atoms with Crippen molar-refractivity contribution in [2.24, 2.45) is 5.92 Å². The lowest BCUT2D eigenvalue weighted by Crippen LogP contribution is -2.38. The highest BCUT2D eigenvalue weighted by atomic mass is 32.1. The Bertz CT molecular complexity index is 344. The Labute approximate surface area is 107 Å². The molecule has 0 amide bonds. The average molecular weight is 254 g/mol. The van der Waals surface area contributed by atoms with E-state index in [4.69, 9.17) is 0 Å². The first kappa shape index (κ1) is 12.8. The number of rotatable bonds is 4. The Morgan fingerprint density at radius 3 is 2.82 bits per heavy atom. The minimum Gasteiger partial charge on any atom is -0.358 e. The molecule has 2 N–H and O–H groups in total. The molecule has 1 aliphatic rings. The van der Waals surface area contributed by atoms with Crippen LogP contribution in [0, 0.1) is 5.92 Å². The fourth-order valence-electron chi connectivity index (χ4n) is 2.15. The predicted octanol–water partition coefficient (Wildman–Crippen LogP) is 2.46. The first-order chi connectivity index (χ1) is 8.16. The van der Waals surface area contributed by atoms with Crippen molar-refractivity contribution in [2.45, 2.75) is 45.6 Å². The second-order valence-electron chi connectivity index (χ2n) is 5.15. The van der Waals surface area contributed by atoms with Crippen LogP contribution in [0.1, 0.15) is 45.4 Å². The molecule has 0 spiro atoms. The van der Waals surface area contributed by atoms with Crippen LogP contribution >= 0.6 is 11.5 Å². The van der Waals surface area contributed by atoms with Crippen molar-refractivity contribution < 1.29 is 0 Å². The lowest BCUT2D eigenvalue weighted by atomic mass is 9.93. The van der Waals surface area contributed by atoms with Crippen LogP contribution in [0.15, 0.2) is 0 Å². The number of piperidine rings is 1. The molecule has 0 saturated carbocycles. The summed E-state index contributed by atoms with van der Waals surface area (Å²) >= 11 is 1.48. The molecule has 2 rings (SSSR count). The van der Waals surface area contributed by atoms with E-state index in [2.05, 4.69) is 40.8 Å². The Balaban J connectivity index is 1.90. The third kappa shape index (κ3) is 3.39. The van der Waals surface area contributed by atoms with E-state index >= 15 is 0 Å². The van der Waals surface area contributed by atoms with Crippen molar-refractivity contribution in [2.75, 3.05) is 18.4 Å². The van der Waals surface area contributed by atoms with Gasteiger partial charge in [-0.3, -0.25) is 0 Å². The van der Waals surface area contributed by atoms with Crippen molar-refractivity contribution >= 4 is 16.7 Å². The average Bonchev–Trinajstić information content (AvgIpc) is 2.79. The Morgan fingerprint density at radius 1 is 1.41 bits per heavy atom. The topological polar surface area (TPSA) is 49.8 Å². The van der Waals surface area contributed by atoms with Gasteiger partial charge in [-0.15, -0.1) is 0 Å². The second-order valence-corrected chi connectivity index (χ2v) is 5.90. The number of anilines is 1. The third-order valence-electron chi connectivity index (χ3n) is 3.35. The van der Waals surface area contributed by atoms with Crippen LogP contribution in [0.5, 0.6) is 0 Å². The number of aromatic nitrogens is 2. The molecule has 2 atom stereocenters. The summed E-state index contributed by atoms with van der Waals surface area (Å²) in [5.74, 6) is 2.06. The normalized spacial score (nSPS) is 22.7. The molecule has 1 saturated heterocycles. The zero-order chi connectivity index (χ0) is 12.3. The van der Waals surface area contributed by atoms with Gasteiger partial charge in [0.25, 0.3) is 0 Å². The molecule has 1 aromatic heterocycles. The van der Waals surface area contributed by atoms with Gasteiger partial charge in [0.05, 0.1) is 0 Å². The van der Waals surface area contributed by atoms with Crippen LogP contribution in [0.2, 0.25) is 0 Å². The highest BCUT2D eigenvalue weighted by molar-refractivity contribution is 7.09. The van der Waals surface area contributed by atoms with Gasteiger partial charge in [0.2, 0.25) is 5.13 Å². The van der Waals surface area contributed by atoms with Gasteiger partial charge in [-0.25, -0.2) is 4.98 Å². The highest BCUT2D eigenvalue weighted by Gasteiger charge is 2.20. The molecule has 1 fully saturated rings. The van der Waals surface area contributed by atoms with Gasteiger partial charge in [0, 0.05) is 23.5 Å². The summed E-state index contributed by atoms with van der Waals surface area (Å²) < 4.78 is 4.37. The maximum Gasteiger partial charge on any atom is 0.202 e. The first-order valence-corrected chi connectivity index (χ1v) is 7.25. The fourth-order valence-corrected chi connectivity index (χ4v) is 2.95. The molecule has 2 heterocycles. The predicted molar refractivity (Wildman–Crippen MR) is 72.7 cm³/mol. The van der Waals surface area contributed by atoms with E-state index in [1.165, 1.54) is 30.9 Å². The standard InChI is InChI=1S/C12H22N4S/c1-8(2)11-15-12(17-16-11)14-9(3)10-5-4-6-13-7-10/h8-10,13H,4-7H2,1-3H3,(H,14,15,16). The van der Waals surface area contributed by atoms with E-state index in [-0.39, 0.29) is 0 Å². The fraction of sp³-hybridized carbons (Fsp3) is 0.833. The third-order valence-corrected chi connectivity index (χ3v) is 4.01. The van der Waals surface area contributed by atoms with E-state index in [1.54, 1.807) is 0 Å². The summed E-state index contributed by atoms with van der Waals surface area (Å²) in [5, 5.41) is 7.91. The zero-order valence-electron chi connectivity index (χ0n) is 10.9. The summed E-state index contributed by atoms with van der Waals surface area (Å²) in [6, 6.07) is 0.468. The molecule has 5 heteroatoms. The number of nitrogens with zero attached hydrogens (tertiary/aromatic N) is 2. The lowest BCUT2D eigenvalue weighted by molar-refractivity contribution is 0.347. The van der Waals surface area contributed by atoms with Gasteiger partial charge in [0.15, 0.2) is 0 Å². The van der Waals surface area contributed by atoms with E-state index in [9.17, 15) is 0 Å². The van der Waals surface area contributed by atoms with Crippen LogP contribution in [0.25, 0.3) is 0 Å². The van der Waals surface area contributed by atoms with Crippen LogP contribution in [0.3, 0.4) is 0 Å². The van der Waals surface area contributed by atoms with Gasteiger partial charge in [0.1, 0.15) is 5.82 Å². The smallest absolute Gasteiger partial charge is 0.202 e. The number of hydrogen-bond donors (Lipinski definition) is 2. The number of nitrogens with one attached hydrogen (secondary N) is 2.